The molecule has 0 atom stereocenters. The summed E-state index contributed by atoms with van der Waals surface area (Å²) in [5, 5.41) is 0. The van der Waals surface area contributed by atoms with Gasteiger partial charge < -0.3 is 19.4 Å². The standard InChI is InChI=1S/C15H21N5O3/c1-12(21)18-2-4-20(5-3-18)15(22)13-10-17-14(11-16-13)19-6-8-23-9-7-19/h10-11H,2-9H2,1H3. The number of carbonyl (C=O) groups is 2. The zero-order valence-corrected chi connectivity index (χ0v) is 13.3. The van der Waals surface area contributed by atoms with E-state index in [4.69, 9.17) is 4.74 Å². The van der Waals surface area contributed by atoms with Crippen LogP contribution in [0, 0.1) is 0 Å². The van der Waals surface area contributed by atoms with Crippen LogP contribution in [0.15, 0.2) is 12.4 Å². The predicted octanol–water partition coefficient (Wildman–Crippen LogP) is -0.382. The first kappa shape index (κ1) is 15.7. The molecule has 23 heavy (non-hydrogen) atoms. The Morgan fingerprint density at radius 3 is 2.17 bits per heavy atom. The Hall–Kier alpha value is -2.22. The number of carbonyl (C=O) groups excluding carboxylic acids is 2. The second-order valence-corrected chi connectivity index (χ2v) is 5.66. The van der Waals surface area contributed by atoms with Crippen LogP contribution in [0.25, 0.3) is 0 Å². The molecule has 0 spiro atoms. The van der Waals surface area contributed by atoms with Gasteiger partial charge in [0.2, 0.25) is 5.91 Å². The van der Waals surface area contributed by atoms with Gasteiger partial charge in [-0.15, -0.1) is 0 Å². The van der Waals surface area contributed by atoms with E-state index in [1.165, 1.54) is 6.20 Å². The fourth-order valence-corrected chi connectivity index (χ4v) is 2.77. The van der Waals surface area contributed by atoms with Crippen LogP contribution in [0.2, 0.25) is 0 Å². The molecule has 2 aliphatic rings. The number of morpholine rings is 1. The number of anilines is 1. The summed E-state index contributed by atoms with van der Waals surface area (Å²) in [4.78, 5) is 38.0. The minimum atomic E-state index is -0.130. The number of hydrogen-bond donors (Lipinski definition) is 0. The molecule has 0 radical (unpaired) electrons. The lowest BCUT2D eigenvalue weighted by Gasteiger charge is -2.34. The molecule has 2 fully saturated rings. The lowest BCUT2D eigenvalue weighted by Crippen LogP contribution is -2.50. The summed E-state index contributed by atoms with van der Waals surface area (Å²) < 4.78 is 5.31. The SMILES string of the molecule is CC(=O)N1CCN(C(=O)c2cnc(N3CCOCC3)cn2)CC1. The van der Waals surface area contributed by atoms with E-state index in [1.807, 2.05) is 0 Å². The van der Waals surface area contributed by atoms with Crippen molar-refractivity contribution in [3.63, 3.8) is 0 Å². The number of aromatic nitrogens is 2. The zero-order valence-electron chi connectivity index (χ0n) is 13.3. The van der Waals surface area contributed by atoms with Gasteiger partial charge >= 0.3 is 0 Å². The Balaban J connectivity index is 1.60. The molecular formula is C15H21N5O3. The number of rotatable bonds is 2. The zero-order chi connectivity index (χ0) is 16.2. The van der Waals surface area contributed by atoms with E-state index >= 15 is 0 Å². The normalized spacial score (nSPS) is 18.9. The minimum absolute atomic E-state index is 0.0479. The largest absolute Gasteiger partial charge is 0.378 e. The highest BCUT2D eigenvalue weighted by Gasteiger charge is 2.24. The average molecular weight is 319 g/mol. The van der Waals surface area contributed by atoms with Gasteiger partial charge in [0.05, 0.1) is 25.6 Å². The van der Waals surface area contributed by atoms with E-state index in [-0.39, 0.29) is 11.8 Å². The van der Waals surface area contributed by atoms with E-state index in [0.717, 1.165) is 18.9 Å². The van der Waals surface area contributed by atoms with E-state index in [2.05, 4.69) is 14.9 Å². The van der Waals surface area contributed by atoms with Crippen molar-refractivity contribution >= 4 is 17.6 Å². The first-order valence-corrected chi connectivity index (χ1v) is 7.84. The van der Waals surface area contributed by atoms with Crippen molar-refractivity contribution in [1.82, 2.24) is 19.8 Å². The van der Waals surface area contributed by atoms with E-state index in [9.17, 15) is 9.59 Å². The monoisotopic (exact) mass is 319 g/mol. The molecule has 2 saturated heterocycles. The van der Waals surface area contributed by atoms with Gasteiger partial charge in [0.25, 0.3) is 5.91 Å². The van der Waals surface area contributed by atoms with Gasteiger partial charge in [0.15, 0.2) is 0 Å². The Bertz CT molecular complexity index is 563. The Morgan fingerprint density at radius 1 is 0.957 bits per heavy atom. The fraction of sp³-hybridized carbons (Fsp3) is 0.600. The number of nitrogens with zero attached hydrogens (tertiary/aromatic N) is 5. The van der Waals surface area contributed by atoms with Gasteiger partial charge in [-0.3, -0.25) is 9.59 Å². The molecule has 0 N–H and O–H groups in total. The molecule has 8 nitrogen and oxygen atoms in total. The molecule has 3 rings (SSSR count). The van der Waals surface area contributed by atoms with Crippen molar-refractivity contribution in [2.75, 3.05) is 57.4 Å². The average Bonchev–Trinajstić information content (AvgIpc) is 2.62. The predicted molar refractivity (Wildman–Crippen MR) is 83.2 cm³/mol. The lowest BCUT2D eigenvalue weighted by molar-refractivity contribution is -0.130. The lowest BCUT2D eigenvalue weighted by atomic mass is 10.2. The summed E-state index contributed by atoms with van der Waals surface area (Å²) in [6.45, 7) is 6.69. The van der Waals surface area contributed by atoms with Gasteiger partial charge in [-0.1, -0.05) is 0 Å². The summed E-state index contributed by atoms with van der Waals surface area (Å²) in [6, 6.07) is 0. The maximum absolute atomic E-state index is 12.5. The van der Waals surface area contributed by atoms with Crippen LogP contribution < -0.4 is 4.90 Å². The summed E-state index contributed by atoms with van der Waals surface area (Å²) in [5.74, 6) is 0.687. The number of amides is 2. The van der Waals surface area contributed by atoms with Crippen molar-refractivity contribution in [2.45, 2.75) is 6.92 Å². The second-order valence-electron chi connectivity index (χ2n) is 5.66. The van der Waals surface area contributed by atoms with Gasteiger partial charge in [-0.2, -0.15) is 0 Å². The first-order chi connectivity index (χ1) is 11.1. The highest BCUT2D eigenvalue weighted by Crippen LogP contribution is 2.12. The first-order valence-electron chi connectivity index (χ1n) is 7.84. The summed E-state index contributed by atoms with van der Waals surface area (Å²) >= 11 is 0. The van der Waals surface area contributed by atoms with Crippen LogP contribution in [0.1, 0.15) is 17.4 Å². The third-order valence-corrected chi connectivity index (χ3v) is 4.20. The molecule has 8 heteroatoms. The van der Waals surface area contributed by atoms with E-state index < -0.39 is 0 Å². The molecular weight excluding hydrogens is 298 g/mol. The number of piperazine rings is 1. The summed E-state index contributed by atoms with van der Waals surface area (Å²) in [5.41, 5.74) is 0.346. The highest BCUT2D eigenvalue weighted by atomic mass is 16.5. The Morgan fingerprint density at radius 2 is 1.61 bits per heavy atom. The molecule has 0 saturated carbocycles. The van der Waals surface area contributed by atoms with E-state index in [1.54, 1.807) is 22.9 Å². The second kappa shape index (κ2) is 6.91. The van der Waals surface area contributed by atoms with Crippen LogP contribution in [0.3, 0.4) is 0 Å². The van der Waals surface area contributed by atoms with Gasteiger partial charge in [-0.25, -0.2) is 9.97 Å². The van der Waals surface area contributed by atoms with Crippen LogP contribution in [0.5, 0.6) is 0 Å². The topological polar surface area (TPSA) is 78.9 Å². The third kappa shape index (κ3) is 3.58. The molecule has 0 unspecified atom stereocenters. The van der Waals surface area contributed by atoms with Crippen LogP contribution in [0.4, 0.5) is 5.82 Å². The van der Waals surface area contributed by atoms with Gasteiger partial charge in [-0.05, 0) is 0 Å². The molecule has 2 amide bonds. The van der Waals surface area contributed by atoms with E-state index in [0.29, 0.717) is 45.1 Å². The molecule has 3 heterocycles. The van der Waals surface area contributed by atoms with Crippen molar-refractivity contribution in [1.29, 1.82) is 0 Å². The van der Waals surface area contributed by atoms with Gasteiger partial charge in [0.1, 0.15) is 11.5 Å². The molecule has 1 aromatic rings. The molecule has 124 valence electrons. The quantitative estimate of drug-likeness (QED) is 0.739. The van der Waals surface area contributed by atoms with Crippen molar-refractivity contribution < 1.29 is 14.3 Å². The molecule has 0 aliphatic carbocycles. The highest BCUT2D eigenvalue weighted by molar-refractivity contribution is 5.92. The minimum Gasteiger partial charge on any atom is -0.378 e. The maximum atomic E-state index is 12.5. The van der Waals surface area contributed by atoms with Gasteiger partial charge in [0, 0.05) is 46.2 Å². The maximum Gasteiger partial charge on any atom is 0.274 e. The van der Waals surface area contributed by atoms with Crippen LogP contribution >= 0.6 is 0 Å². The van der Waals surface area contributed by atoms with Crippen molar-refractivity contribution in [3.8, 4) is 0 Å². The Kier molecular flexibility index (Phi) is 4.71. The number of hydrogen-bond acceptors (Lipinski definition) is 6. The molecule has 0 bridgehead atoms. The van der Waals surface area contributed by atoms with Crippen LogP contribution in [-0.4, -0.2) is 84.1 Å². The number of ether oxygens (including phenoxy) is 1. The summed E-state index contributed by atoms with van der Waals surface area (Å²) in [7, 11) is 0. The van der Waals surface area contributed by atoms with Crippen LogP contribution in [-0.2, 0) is 9.53 Å². The van der Waals surface area contributed by atoms with Crippen molar-refractivity contribution in [3.05, 3.63) is 18.1 Å². The fourth-order valence-electron chi connectivity index (χ4n) is 2.77. The summed E-state index contributed by atoms with van der Waals surface area (Å²) in [6.07, 6.45) is 3.18. The molecule has 1 aromatic heterocycles. The molecule has 0 aromatic carbocycles. The molecule has 2 aliphatic heterocycles. The Labute approximate surface area is 135 Å². The smallest absolute Gasteiger partial charge is 0.274 e. The van der Waals surface area contributed by atoms with Crippen molar-refractivity contribution in [2.24, 2.45) is 0 Å². The third-order valence-electron chi connectivity index (χ3n) is 4.20.